The van der Waals surface area contributed by atoms with Crippen molar-refractivity contribution in [1.82, 2.24) is 14.9 Å². The van der Waals surface area contributed by atoms with Crippen LogP contribution in [0.2, 0.25) is 5.02 Å². The Hall–Kier alpha value is -3.39. The van der Waals surface area contributed by atoms with Crippen LogP contribution in [0, 0.1) is 5.41 Å². The second-order valence-electron chi connectivity index (χ2n) is 9.68. The minimum atomic E-state index is -0.538. The second-order valence-corrected chi connectivity index (χ2v) is 10.1. The number of carbonyl (C=O) groups is 2. The summed E-state index contributed by atoms with van der Waals surface area (Å²) in [6.45, 7) is 7.13. The van der Waals surface area contributed by atoms with Gasteiger partial charge in [-0.1, -0.05) is 11.6 Å². The number of anilines is 2. The van der Waals surface area contributed by atoms with Crippen LogP contribution in [0.5, 0.6) is 0 Å². The number of oxazole rings is 1. The minimum absolute atomic E-state index is 0.0494. The number of hydrogen-bond donors (Lipinski definition) is 0. The van der Waals surface area contributed by atoms with Crippen LogP contribution >= 0.6 is 11.6 Å². The van der Waals surface area contributed by atoms with Crippen molar-refractivity contribution in [2.24, 2.45) is 5.41 Å². The van der Waals surface area contributed by atoms with Gasteiger partial charge in [-0.15, -0.1) is 0 Å². The topological polar surface area (TPSA) is 82.8 Å². The van der Waals surface area contributed by atoms with E-state index in [4.69, 9.17) is 16.0 Å². The summed E-state index contributed by atoms with van der Waals surface area (Å²) in [6, 6.07) is 7.43. The number of pyridine rings is 1. The van der Waals surface area contributed by atoms with Crippen molar-refractivity contribution in [2.45, 2.75) is 19.4 Å². The van der Waals surface area contributed by atoms with Crippen molar-refractivity contribution in [2.75, 3.05) is 36.0 Å². The molecule has 3 aliphatic heterocycles. The van der Waals surface area contributed by atoms with Crippen LogP contribution in [-0.2, 0) is 5.54 Å². The Bertz CT molecular complexity index is 1280. The summed E-state index contributed by atoms with van der Waals surface area (Å²) in [5.41, 5.74) is 3.22. The normalized spacial score (nSPS) is 20.0. The molecule has 0 aliphatic carbocycles. The number of rotatable bonds is 3. The van der Waals surface area contributed by atoms with E-state index in [1.54, 1.807) is 28.1 Å². The zero-order valence-electron chi connectivity index (χ0n) is 18.3. The summed E-state index contributed by atoms with van der Waals surface area (Å²) in [7, 11) is 0. The molecule has 9 heteroatoms. The molecule has 8 nitrogen and oxygen atoms in total. The molecule has 1 spiro atoms. The van der Waals surface area contributed by atoms with Crippen molar-refractivity contribution < 1.29 is 14.0 Å². The van der Waals surface area contributed by atoms with Gasteiger partial charge < -0.3 is 14.2 Å². The van der Waals surface area contributed by atoms with Gasteiger partial charge in [-0.25, -0.2) is 4.98 Å². The Kier molecular flexibility index (Phi) is 4.17. The van der Waals surface area contributed by atoms with Gasteiger partial charge in [0.25, 0.3) is 11.8 Å². The molecule has 0 saturated carbocycles. The molecule has 2 amide bonds. The zero-order valence-corrected chi connectivity index (χ0v) is 19.0. The number of hydrogen-bond acceptors (Lipinski definition) is 6. The average molecular weight is 464 g/mol. The highest BCUT2D eigenvalue weighted by Crippen LogP contribution is 2.45. The number of halogens is 1. The Morgan fingerprint density at radius 2 is 1.85 bits per heavy atom. The maximum atomic E-state index is 13.2. The average Bonchev–Trinajstić information content (AvgIpc) is 3.32. The Morgan fingerprint density at radius 1 is 1.09 bits per heavy atom. The Balaban J connectivity index is 1.18. The maximum Gasteiger partial charge on any atom is 0.275 e. The van der Waals surface area contributed by atoms with E-state index in [1.165, 1.54) is 12.7 Å². The van der Waals surface area contributed by atoms with Crippen molar-refractivity contribution in [1.29, 1.82) is 0 Å². The van der Waals surface area contributed by atoms with Gasteiger partial charge >= 0.3 is 0 Å². The van der Waals surface area contributed by atoms with Gasteiger partial charge in [0, 0.05) is 42.2 Å². The molecule has 0 radical (unpaired) electrons. The standard InChI is InChI=1S/C24H22ClN5O3/c1-23(2)19-5-15(25)3-4-18(19)21(31)30(23)17-6-16(7-26-8-17)28-10-24(11-28)12-29(13-24)22(32)20-9-33-14-27-20/h3-9,14H,10-13H2,1-2H3. The Morgan fingerprint density at radius 3 is 2.58 bits per heavy atom. The van der Waals surface area contributed by atoms with Crippen molar-refractivity contribution in [3.05, 3.63) is 71.2 Å². The van der Waals surface area contributed by atoms with Crippen LogP contribution in [0.4, 0.5) is 11.4 Å². The van der Waals surface area contributed by atoms with E-state index in [-0.39, 0.29) is 17.2 Å². The first-order chi connectivity index (χ1) is 15.8. The van der Waals surface area contributed by atoms with Crippen LogP contribution in [0.3, 0.4) is 0 Å². The fourth-order valence-electron chi connectivity index (χ4n) is 5.39. The molecule has 2 saturated heterocycles. The molecule has 33 heavy (non-hydrogen) atoms. The van der Waals surface area contributed by atoms with Gasteiger partial charge in [0.2, 0.25) is 0 Å². The SMILES string of the molecule is CC1(C)c2cc(Cl)ccc2C(=O)N1c1cncc(N2CC3(CN(C(=O)c4cocn4)C3)C2)c1. The zero-order chi connectivity index (χ0) is 23.0. The molecule has 0 N–H and O–H groups in total. The van der Waals surface area contributed by atoms with E-state index >= 15 is 0 Å². The van der Waals surface area contributed by atoms with Crippen molar-refractivity contribution in [3.8, 4) is 0 Å². The predicted molar refractivity (Wildman–Crippen MR) is 123 cm³/mol. The van der Waals surface area contributed by atoms with Gasteiger partial charge in [0.15, 0.2) is 12.1 Å². The van der Waals surface area contributed by atoms with Crippen LogP contribution in [0.15, 0.2) is 53.7 Å². The molecule has 3 aliphatic rings. The summed E-state index contributed by atoms with van der Waals surface area (Å²) >= 11 is 6.21. The third-order valence-electron chi connectivity index (χ3n) is 7.01. The molecule has 3 aromatic rings. The molecule has 2 fully saturated rings. The highest BCUT2D eigenvalue weighted by Gasteiger charge is 2.54. The number of likely N-dealkylation sites (tertiary alicyclic amines) is 1. The van der Waals surface area contributed by atoms with Crippen LogP contribution < -0.4 is 9.80 Å². The molecule has 0 unspecified atom stereocenters. The molecule has 5 heterocycles. The predicted octanol–water partition coefficient (Wildman–Crippen LogP) is 3.58. The molecular weight excluding hydrogens is 442 g/mol. The van der Waals surface area contributed by atoms with Gasteiger partial charge in [-0.3, -0.25) is 19.5 Å². The summed E-state index contributed by atoms with van der Waals surface area (Å²) in [5.74, 6) is -0.141. The number of nitrogens with zero attached hydrogens (tertiary/aromatic N) is 5. The minimum Gasteiger partial charge on any atom is -0.451 e. The van der Waals surface area contributed by atoms with Gasteiger partial charge in [-0.05, 0) is 43.7 Å². The first kappa shape index (κ1) is 20.2. The van der Waals surface area contributed by atoms with E-state index in [0.717, 1.165) is 30.0 Å². The lowest BCUT2D eigenvalue weighted by Crippen LogP contribution is -2.73. The first-order valence-corrected chi connectivity index (χ1v) is 11.2. The van der Waals surface area contributed by atoms with Crippen molar-refractivity contribution in [3.63, 3.8) is 0 Å². The van der Waals surface area contributed by atoms with Gasteiger partial charge in [0.05, 0.1) is 29.3 Å². The molecule has 0 atom stereocenters. The van der Waals surface area contributed by atoms with Gasteiger partial charge in [-0.2, -0.15) is 0 Å². The number of carbonyl (C=O) groups excluding carboxylic acids is 2. The monoisotopic (exact) mass is 463 g/mol. The van der Waals surface area contributed by atoms with Crippen LogP contribution in [0.25, 0.3) is 0 Å². The number of amides is 2. The second kappa shape index (κ2) is 6.81. The molecule has 168 valence electrons. The molecule has 0 bridgehead atoms. The summed E-state index contributed by atoms with van der Waals surface area (Å²) in [6.07, 6.45) is 6.21. The van der Waals surface area contributed by atoms with E-state index in [2.05, 4.69) is 14.9 Å². The summed E-state index contributed by atoms with van der Waals surface area (Å²) in [5, 5.41) is 0.616. The molecular formula is C24H22ClN5O3. The molecule has 2 aromatic heterocycles. The summed E-state index contributed by atoms with van der Waals surface area (Å²) < 4.78 is 4.92. The lowest BCUT2D eigenvalue weighted by molar-refractivity contribution is -0.0109. The lowest BCUT2D eigenvalue weighted by atomic mass is 9.72. The van der Waals surface area contributed by atoms with Crippen LogP contribution in [-0.4, -0.2) is 52.9 Å². The van der Waals surface area contributed by atoms with E-state index < -0.39 is 5.54 Å². The van der Waals surface area contributed by atoms with Crippen molar-refractivity contribution >= 4 is 34.8 Å². The van der Waals surface area contributed by atoms with Crippen LogP contribution in [0.1, 0.15) is 40.3 Å². The summed E-state index contributed by atoms with van der Waals surface area (Å²) in [4.78, 5) is 39.9. The first-order valence-electron chi connectivity index (χ1n) is 10.8. The fourth-order valence-corrected chi connectivity index (χ4v) is 5.56. The largest absolute Gasteiger partial charge is 0.451 e. The Labute approximate surface area is 195 Å². The van der Waals surface area contributed by atoms with E-state index in [1.807, 2.05) is 32.2 Å². The lowest BCUT2D eigenvalue weighted by Gasteiger charge is -2.60. The quantitative estimate of drug-likeness (QED) is 0.590. The molecule has 1 aromatic carbocycles. The number of aromatic nitrogens is 2. The third kappa shape index (κ3) is 2.97. The maximum absolute atomic E-state index is 13.2. The number of benzene rings is 1. The highest BCUT2D eigenvalue weighted by atomic mass is 35.5. The van der Waals surface area contributed by atoms with E-state index in [9.17, 15) is 9.59 Å². The molecule has 6 rings (SSSR count). The van der Waals surface area contributed by atoms with E-state index in [0.29, 0.717) is 29.4 Å². The smallest absolute Gasteiger partial charge is 0.275 e. The van der Waals surface area contributed by atoms with Gasteiger partial charge in [0.1, 0.15) is 6.26 Å². The highest BCUT2D eigenvalue weighted by molar-refractivity contribution is 6.31. The third-order valence-corrected chi connectivity index (χ3v) is 7.24. The fraction of sp³-hybridized carbons (Fsp3) is 0.333. The number of fused-ring (bicyclic) bond motifs is 1.